The molecule has 0 fully saturated rings. The summed E-state index contributed by atoms with van der Waals surface area (Å²) in [7, 11) is 0. The van der Waals surface area contributed by atoms with Gasteiger partial charge >= 0.3 is 0 Å². The molecule has 94 valence electrons. The molecule has 1 aromatic carbocycles. The molecule has 0 spiro atoms. The lowest BCUT2D eigenvalue weighted by Gasteiger charge is -2.32. The van der Waals surface area contributed by atoms with E-state index in [-0.39, 0.29) is 10.8 Å². The van der Waals surface area contributed by atoms with Gasteiger partial charge in [0, 0.05) is 0 Å². The van der Waals surface area contributed by atoms with E-state index in [1.54, 1.807) is 0 Å². The van der Waals surface area contributed by atoms with Crippen LogP contribution in [0.4, 0.5) is 11.4 Å². The van der Waals surface area contributed by atoms with Crippen molar-refractivity contribution in [3.05, 3.63) is 23.3 Å². The number of hydrogen-bond donors (Lipinski definition) is 2. The molecule has 0 bridgehead atoms. The van der Waals surface area contributed by atoms with Gasteiger partial charge in [0.15, 0.2) is 0 Å². The lowest BCUT2D eigenvalue weighted by atomic mass is 9.74. The monoisotopic (exact) mass is 232 g/mol. The zero-order valence-corrected chi connectivity index (χ0v) is 11.9. The van der Waals surface area contributed by atoms with E-state index in [1.807, 2.05) is 0 Å². The Bertz CT molecular complexity index is 433. The first kappa shape index (κ1) is 12.3. The zero-order chi connectivity index (χ0) is 12.8. The van der Waals surface area contributed by atoms with E-state index in [9.17, 15) is 0 Å². The molecule has 0 unspecified atom stereocenters. The van der Waals surface area contributed by atoms with Crippen molar-refractivity contribution >= 4 is 11.4 Å². The van der Waals surface area contributed by atoms with E-state index < -0.39 is 0 Å². The predicted molar refractivity (Wildman–Crippen MR) is 76.0 cm³/mol. The topological polar surface area (TPSA) is 24.1 Å². The van der Waals surface area contributed by atoms with E-state index >= 15 is 0 Å². The molecule has 0 saturated heterocycles. The van der Waals surface area contributed by atoms with Crippen LogP contribution in [-0.2, 0) is 10.8 Å². The Morgan fingerprint density at radius 3 is 2.06 bits per heavy atom. The van der Waals surface area contributed by atoms with Crippen molar-refractivity contribution in [1.29, 1.82) is 0 Å². The van der Waals surface area contributed by atoms with Crippen molar-refractivity contribution in [2.24, 2.45) is 0 Å². The molecule has 2 nitrogen and oxygen atoms in total. The van der Waals surface area contributed by atoms with Gasteiger partial charge in [0.1, 0.15) is 0 Å². The maximum Gasteiger partial charge on any atom is 0.0850 e. The Hall–Kier alpha value is -1.18. The number of nitrogens with one attached hydrogen (secondary N) is 2. The highest BCUT2D eigenvalue weighted by Crippen LogP contribution is 2.43. The van der Waals surface area contributed by atoms with E-state index in [0.29, 0.717) is 0 Å². The van der Waals surface area contributed by atoms with Crippen LogP contribution in [0.15, 0.2) is 12.1 Å². The third-order valence-corrected chi connectivity index (χ3v) is 3.31. The first-order valence-electron chi connectivity index (χ1n) is 6.37. The minimum atomic E-state index is 0.160. The van der Waals surface area contributed by atoms with Crippen LogP contribution in [0.3, 0.4) is 0 Å². The summed E-state index contributed by atoms with van der Waals surface area (Å²) >= 11 is 0. The van der Waals surface area contributed by atoms with E-state index in [0.717, 1.165) is 6.67 Å². The molecule has 0 amide bonds. The van der Waals surface area contributed by atoms with Gasteiger partial charge in [0.25, 0.3) is 0 Å². The van der Waals surface area contributed by atoms with Crippen molar-refractivity contribution in [2.45, 2.75) is 52.4 Å². The maximum absolute atomic E-state index is 3.48. The molecule has 0 atom stereocenters. The van der Waals surface area contributed by atoms with Gasteiger partial charge in [-0.15, -0.1) is 0 Å². The van der Waals surface area contributed by atoms with E-state index in [2.05, 4.69) is 64.3 Å². The fraction of sp³-hybridized carbons (Fsp3) is 0.600. The normalized spacial score (nSPS) is 15.2. The summed E-state index contributed by atoms with van der Waals surface area (Å²) in [5.41, 5.74) is 5.77. The van der Waals surface area contributed by atoms with Crippen molar-refractivity contribution in [2.75, 3.05) is 17.3 Å². The van der Waals surface area contributed by atoms with Crippen molar-refractivity contribution in [3.8, 4) is 0 Å². The molecule has 1 aromatic rings. The van der Waals surface area contributed by atoms with Crippen LogP contribution >= 0.6 is 0 Å². The zero-order valence-electron chi connectivity index (χ0n) is 11.9. The van der Waals surface area contributed by atoms with Crippen LogP contribution in [0.25, 0.3) is 0 Å². The summed E-state index contributed by atoms with van der Waals surface area (Å²) in [6, 6.07) is 4.48. The first-order chi connectivity index (χ1) is 7.71. The van der Waals surface area contributed by atoms with E-state index in [4.69, 9.17) is 0 Å². The minimum absolute atomic E-state index is 0.160. The largest absolute Gasteiger partial charge is 0.366 e. The molecule has 1 aliphatic rings. The van der Waals surface area contributed by atoms with Crippen LogP contribution in [-0.4, -0.2) is 6.67 Å². The quantitative estimate of drug-likeness (QED) is 0.704. The summed E-state index contributed by atoms with van der Waals surface area (Å²) in [6.45, 7) is 14.6. The average Bonchev–Trinajstić information content (AvgIpc) is 2.59. The summed E-state index contributed by atoms with van der Waals surface area (Å²) in [4.78, 5) is 0. The minimum Gasteiger partial charge on any atom is -0.366 e. The molecule has 0 aromatic heterocycles. The Labute approximate surface area is 105 Å². The van der Waals surface area contributed by atoms with Gasteiger partial charge < -0.3 is 10.6 Å². The molecule has 2 heteroatoms. The third kappa shape index (κ3) is 2.13. The molecular weight excluding hydrogens is 208 g/mol. The van der Waals surface area contributed by atoms with Gasteiger partial charge in [-0.3, -0.25) is 0 Å². The number of anilines is 2. The molecule has 2 rings (SSSR count). The van der Waals surface area contributed by atoms with Crippen LogP contribution in [0.5, 0.6) is 0 Å². The summed E-state index contributed by atoms with van der Waals surface area (Å²) in [5, 5.41) is 6.86. The first-order valence-corrected chi connectivity index (χ1v) is 6.37. The lowest BCUT2D eigenvalue weighted by molar-refractivity contribution is 0.532. The van der Waals surface area contributed by atoms with Crippen LogP contribution in [0.2, 0.25) is 0 Å². The standard InChI is InChI=1S/C15H24N2/c1-14(2,3)10-7-8-11-13(17-9-16-11)12(10)15(4,5)6/h7-8,16-17H,9H2,1-6H3. The third-order valence-electron chi connectivity index (χ3n) is 3.31. The van der Waals surface area contributed by atoms with Gasteiger partial charge in [-0.05, 0) is 28.0 Å². The number of hydrogen-bond acceptors (Lipinski definition) is 2. The molecule has 0 saturated carbocycles. The highest BCUT2D eigenvalue weighted by atomic mass is 15.1. The maximum atomic E-state index is 3.48. The molecule has 1 aliphatic heterocycles. The Kier molecular flexibility index (Phi) is 2.64. The highest BCUT2D eigenvalue weighted by Gasteiger charge is 2.30. The fourth-order valence-electron chi connectivity index (χ4n) is 2.57. The Balaban J connectivity index is 2.70. The van der Waals surface area contributed by atoms with Crippen molar-refractivity contribution in [1.82, 2.24) is 0 Å². The fourth-order valence-corrected chi connectivity index (χ4v) is 2.57. The SMILES string of the molecule is CC(C)(C)c1ccc2c(c1C(C)(C)C)NCN2. The second kappa shape index (κ2) is 3.66. The smallest absolute Gasteiger partial charge is 0.0850 e. The Morgan fingerprint density at radius 1 is 0.882 bits per heavy atom. The van der Waals surface area contributed by atoms with Crippen molar-refractivity contribution < 1.29 is 0 Å². The van der Waals surface area contributed by atoms with E-state index in [1.165, 1.54) is 22.5 Å². The number of rotatable bonds is 0. The van der Waals surface area contributed by atoms with Gasteiger partial charge in [0.2, 0.25) is 0 Å². The second-order valence-electron chi connectivity index (χ2n) is 6.94. The van der Waals surface area contributed by atoms with Gasteiger partial charge in [0.05, 0.1) is 18.0 Å². The van der Waals surface area contributed by atoms with Crippen LogP contribution < -0.4 is 10.6 Å². The lowest BCUT2D eigenvalue weighted by Crippen LogP contribution is -2.23. The molecule has 1 heterocycles. The molecule has 17 heavy (non-hydrogen) atoms. The summed E-state index contributed by atoms with van der Waals surface area (Å²) in [5.74, 6) is 0. The van der Waals surface area contributed by atoms with Gasteiger partial charge in [-0.2, -0.15) is 0 Å². The van der Waals surface area contributed by atoms with Gasteiger partial charge in [-0.25, -0.2) is 0 Å². The van der Waals surface area contributed by atoms with Gasteiger partial charge in [-0.1, -0.05) is 47.6 Å². The molecule has 0 radical (unpaired) electrons. The molecular formula is C15H24N2. The molecule has 0 aliphatic carbocycles. The predicted octanol–water partition coefficient (Wildman–Crippen LogP) is 4.08. The van der Waals surface area contributed by atoms with Crippen LogP contribution in [0, 0.1) is 0 Å². The van der Waals surface area contributed by atoms with Crippen molar-refractivity contribution in [3.63, 3.8) is 0 Å². The summed E-state index contributed by atoms with van der Waals surface area (Å²) < 4.78 is 0. The average molecular weight is 232 g/mol. The number of benzene rings is 1. The molecule has 2 N–H and O–H groups in total. The number of fused-ring (bicyclic) bond motifs is 1. The Morgan fingerprint density at radius 2 is 1.53 bits per heavy atom. The van der Waals surface area contributed by atoms with Crippen LogP contribution in [0.1, 0.15) is 52.7 Å². The highest BCUT2D eigenvalue weighted by molar-refractivity contribution is 5.79. The second-order valence-corrected chi connectivity index (χ2v) is 6.94. The summed E-state index contributed by atoms with van der Waals surface area (Å²) in [6.07, 6.45) is 0.